The van der Waals surface area contributed by atoms with E-state index < -0.39 is 11.9 Å². The van der Waals surface area contributed by atoms with E-state index in [1.165, 1.54) is 6.07 Å². The Bertz CT molecular complexity index is 2690. The zero-order valence-electron chi connectivity index (χ0n) is 38.7. The van der Waals surface area contributed by atoms with Crippen LogP contribution in [0, 0.1) is 16.6 Å². The van der Waals surface area contributed by atoms with Crippen LogP contribution in [0.4, 0.5) is 15.9 Å². The van der Waals surface area contributed by atoms with Gasteiger partial charge in [0.2, 0.25) is 11.8 Å². The number of phenols is 1. The zero-order valence-corrected chi connectivity index (χ0v) is 39.5. The van der Waals surface area contributed by atoms with E-state index >= 15 is 4.39 Å². The van der Waals surface area contributed by atoms with Crippen molar-refractivity contribution in [1.82, 2.24) is 40.3 Å². The summed E-state index contributed by atoms with van der Waals surface area (Å²) < 4.78 is 23.5. The third-order valence-electron chi connectivity index (χ3n) is 16.5. The van der Waals surface area contributed by atoms with E-state index in [0.717, 1.165) is 134 Å². The third kappa shape index (κ3) is 8.42. The molecule has 5 saturated heterocycles. The Balaban J connectivity index is 0.675. The largest absolute Gasteiger partial charge is 0.508 e. The minimum absolute atomic E-state index is 0.00417. The number of nitrogens with zero attached hydrogens (tertiary/aromatic N) is 8. The maximum Gasteiger partial charge on any atom is 0.319 e. The van der Waals surface area contributed by atoms with Crippen LogP contribution in [0.15, 0.2) is 36.5 Å². The lowest BCUT2D eigenvalue weighted by Crippen LogP contribution is -2.52. The van der Waals surface area contributed by atoms with E-state index in [2.05, 4.69) is 48.2 Å². The van der Waals surface area contributed by atoms with Gasteiger partial charge in [-0.05, 0) is 124 Å². The average molecular weight is 948 g/mol. The molecular formula is C51H60ClFN10O5. The predicted octanol–water partition coefficient (Wildman–Crippen LogP) is 5.85. The number of likely N-dealkylation sites (tertiary alicyclic amines) is 1. The van der Waals surface area contributed by atoms with Crippen molar-refractivity contribution < 1.29 is 28.6 Å². The number of ether oxygens (including phenoxy) is 1. The molecule has 2 bridgehead atoms. The van der Waals surface area contributed by atoms with Crippen molar-refractivity contribution in [2.45, 2.75) is 102 Å². The number of anilines is 2. The van der Waals surface area contributed by atoms with Gasteiger partial charge in [-0.3, -0.25) is 29.6 Å². The minimum atomic E-state index is -0.610. The molecule has 3 amide bonds. The first-order valence-electron chi connectivity index (χ1n) is 24.9. The highest BCUT2D eigenvalue weighted by molar-refractivity contribution is 6.32. The van der Waals surface area contributed by atoms with Crippen LogP contribution >= 0.6 is 11.6 Å². The first-order chi connectivity index (χ1) is 32.9. The Labute approximate surface area is 400 Å². The van der Waals surface area contributed by atoms with Crippen molar-refractivity contribution in [1.29, 1.82) is 0 Å². The van der Waals surface area contributed by atoms with Gasteiger partial charge in [0.15, 0.2) is 5.82 Å². The van der Waals surface area contributed by atoms with Gasteiger partial charge in [-0.1, -0.05) is 18.5 Å². The predicted molar refractivity (Wildman–Crippen MR) is 256 cm³/mol. The number of pyridine rings is 1. The number of amides is 3. The number of carbonyl (C=O) groups is 3. The number of aromatic nitrogens is 3. The fourth-order valence-corrected chi connectivity index (χ4v) is 12.5. The number of benzene rings is 2. The van der Waals surface area contributed by atoms with Gasteiger partial charge in [0, 0.05) is 111 Å². The van der Waals surface area contributed by atoms with Gasteiger partial charge < -0.3 is 34.8 Å². The molecule has 2 saturated carbocycles. The number of piperazine rings is 2. The summed E-state index contributed by atoms with van der Waals surface area (Å²) in [6, 6.07) is 9.41. The van der Waals surface area contributed by atoms with Crippen LogP contribution in [0.3, 0.4) is 0 Å². The number of halogens is 2. The van der Waals surface area contributed by atoms with Crippen molar-refractivity contribution in [3.05, 3.63) is 64.1 Å². The summed E-state index contributed by atoms with van der Waals surface area (Å²) >= 11 is 6.65. The monoisotopic (exact) mass is 946 g/mol. The molecule has 2 unspecified atom stereocenters. The summed E-state index contributed by atoms with van der Waals surface area (Å²) in [5, 5.41) is 17.6. The molecule has 2 aromatic heterocycles. The first-order valence-corrected chi connectivity index (χ1v) is 25.2. The molecule has 0 spiro atoms. The third-order valence-corrected chi connectivity index (χ3v) is 16.8. The number of hydrogen-bond acceptors (Lipinski definition) is 13. The topological polar surface area (TPSA) is 160 Å². The Kier molecular flexibility index (Phi) is 11.1. The molecule has 8 heterocycles. The van der Waals surface area contributed by atoms with Gasteiger partial charge in [-0.15, -0.1) is 0 Å². The quantitative estimate of drug-likeness (QED) is 0.145. The number of aromatic hydroxyl groups is 1. The minimum Gasteiger partial charge on any atom is -0.508 e. The maximum atomic E-state index is 17.0. The maximum absolute atomic E-state index is 17.0. The number of imide groups is 1. The van der Waals surface area contributed by atoms with E-state index in [1.807, 2.05) is 12.1 Å². The molecule has 15 nitrogen and oxygen atoms in total. The van der Waals surface area contributed by atoms with Gasteiger partial charge in [0.05, 0.1) is 12.0 Å². The second-order valence-corrected chi connectivity index (χ2v) is 22.0. The number of phenolic OH excluding ortho intramolecular Hbond substituents is 1. The van der Waals surface area contributed by atoms with Crippen LogP contribution in [0.25, 0.3) is 22.2 Å². The molecule has 4 aromatic rings. The Hall–Kier alpha value is -5.16. The number of rotatable bonds is 12. The van der Waals surface area contributed by atoms with Crippen LogP contribution in [0.5, 0.6) is 11.8 Å². The van der Waals surface area contributed by atoms with Crippen LogP contribution in [0.1, 0.15) is 98.5 Å². The van der Waals surface area contributed by atoms with Crippen molar-refractivity contribution in [3.63, 3.8) is 0 Å². The van der Waals surface area contributed by atoms with E-state index in [4.69, 9.17) is 26.3 Å². The SMILES string of the molecule is CC1(CN2CCN(c3ccc4c(c3)CN([C@H]3CCC(=O)NC3=O)C4=O)CC2)CCN(CC2(COc3nc(N4CC5CCC(C4)N5)c4cnc(-c5cc(O)cc(Cl)c5C5CC5)c(F)c4n3)CC2)CC1. The lowest BCUT2D eigenvalue weighted by molar-refractivity contribution is -0.136. The van der Waals surface area contributed by atoms with Gasteiger partial charge in [-0.2, -0.15) is 9.97 Å². The molecule has 3 atom stereocenters. The van der Waals surface area contributed by atoms with Gasteiger partial charge in [-0.25, -0.2) is 4.39 Å². The van der Waals surface area contributed by atoms with Crippen molar-refractivity contribution in [2.24, 2.45) is 10.8 Å². The van der Waals surface area contributed by atoms with E-state index in [0.29, 0.717) is 59.0 Å². The molecule has 12 rings (SSSR count). The molecule has 3 N–H and O–H groups in total. The lowest BCUT2D eigenvalue weighted by atomic mass is 9.79. The number of fused-ring (bicyclic) bond motifs is 4. The van der Waals surface area contributed by atoms with E-state index in [9.17, 15) is 19.5 Å². The van der Waals surface area contributed by atoms with E-state index in [1.54, 1.807) is 17.2 Å². The lowest BCUT2D eigenvalue weighted by Gasteiger charge is -2.45. The highest BCUT2D eigenvalue weighted by Gasteiger charge is 2.47. The summed E-state index contributed by atoms with van der Waals surface area (Å²) in [6.07, 6.45) is 10.8. The van der Waals surface area contributed by atoms with Gasteiger partial charge in [0.25, 0.3) is 5.91 Å². The van der Waals surface area contributed by atoms with Crippen LogP contribution in [0.2, 0.25) is 5.02 Å². The molecule has 17 heteroatoms. The fourth-order valence-electron chi connectivity index (χ4n) is 12.2. The number of piperidine rings is 2. The number of hydrogen-bond donors (Lipinski definition) is 3. The molecule has 2 aliphatic carbocycles. The summed E-state index contributed by atoms with van der Waals surface area (Å²) in [7, 11) is 0. The summed E-state index contributed by atoms with van der Waals surface area (Å²) in [6.45, 7) is 12.7. The first kappa shape index (κ1) is 44.1. The molecule has 7 fully saturated rings. The molecular weight excluding hydrogens is 887 g/mol. The second-order valence-electron chi connectivity index (χ2n) is 21.6. The van der Waals surface area contributed by atoms with Gasteiger partial charge >= 0.3 is 6.01 Å². The van der Waals surface area contributed by atoms with E-state index in [-0.39, 0.29) is 63.9 Å². The summed E-state index contributed by atoms with van der Waals surface area (Å²) in [4.78, 5) is 63.4. The summed E-state index contributed by atoms with van der Waals surface area (Å²) in [5.74, 6) is -0.530. The van der Waals surface area contributed by atoms with Crippen molar-refractivity contribution >= 4 is 51.7 Å². The zero-order chi connectivity index (χ0) is 46.5. The Morgan fingerprint density at radius 3 is 2.34 bits per heavy atom. The fraction of sp³-hybridized carbons (Fsp3) is 0.569. The number of nitrogens with one attached hydrogen (secondary N) is 2. The molecule has 2 aromatic carbocycles. The highest BCUT2D eigenvalue weighted by Crippen LogP contribution is 2.50. The Morgan fingerprint density at radius 2 is 1.62 bits per heavy atom. The van der Waals surface area contributed by atoms with Gasteiger partial charge in [0.1, 0.15) is 28.8 Å². The highest BCUT2D eigenvalue weighted by atomic mass is 35.5. The molecule has 6 aliphatic heterocycles. The number of carbonyl (C=O) groups excluding carboxylic acids is 3. The molecule has 358 valence electrons. The Morgan fingerprint density at radius 1 is 0.868 bits per heavy atom. The standard InChI is InChI=1S/C51H60ClFN10O5/c1-50(27-60-16-18-61(19-17-60)34-6-7-36-31(20-34)24-63(48(36)67)40-8-9-41(65)56-47(40)66)12-14-59(15-13-50)28-51(10-11-51)29-68-49-57-45-38(46(58-49)62-25-32-4-5-33(26-62)55-32)23-54-44(43(45)53)37-21-35(64)22-39(52)42(37)30-2-3-30/h6-7,20-23,30,32-33,40,55,64H,2-5,8-19,24-29H2,1H3,(H,56,65,66)/t32?,33?,40-/m0/s1. The normalized spacial score (nSPS) is 25.8. The van der Waals surface area contributed by atoms with Crippen molar-refractivity contribution in [3.8, 4) is 23.0 Å². The smallest absolute Gasteiger partial charge is 0.319 e. The summed E-state index contributed by atoms with van der Waals surface area (Å²) in [5.41, 5.74) is 4.54. The molecule has 8 aliphatic rings. The van der Waals surface area contributed by atoms with Crippen LogP contribution in [-0.2, 0) is 16.1 Å². The average Bonchev–Trinajstić information content (AvgIpc) is 4.26. The second kappa shape index (κ2) is 17.1. The van der Waals surface area contributed by atoms with Crippen LogP contribution in [-0.4, -0.2) is 143 Å². The molecule has 0 radical (unpaired) electrons. The molecule has 68 heavy (non-hydrogen) atoms. The van der Waals surface area contributed by atoms with Crippen LogP contribution < -0.4 is 25.2 Å². The van der Waals surface area contributed by atoms with Crippen molar-refractivity contribution in [2.75, 3.05) is 81.9 Å².